The summed E-state index contributed by atoms with van der Waals surface area (Å²) in [6, 6.07) is 9.92. The minimum atomic E-state index is 0.214. The largest absolute Gasteiger partial charge is 0.376 e. The third kappa shape index (κ3) is 7.74. The standard InChI is InChI=1S/C18H30N2O/c1-3-5-10-14-20(15-11-6-4-2)18(21)16-19-17-12-8-7-9-13-17/h7-9,12-13,19H,3-6,10-11,14-16H2,1-2H3. The monoisotopic (exact) mass is 290 g/mol. The van der Waals surface area contributed by atoms with E-state index in [0.717, 1.165) is 31.6 Å². The van der Waals surface area contributed by atoms with E-state index >= 15 is 0 Å². The summed E-state index contributed by atoms with van der Waals surface area (Å²) in [7, 11) is 0. The molecule has 0 aromatic heterocycles. The molecular weight excluding hydrogens is 260 g/mol. The van der Waals surface area contributed by atoms with E-state index in [0.29, 0.717) is 6.54 Å². The first kappa shape index (κ1) is 17.5. The molecule has 0 saturated heterocycles. The number of nitrogens with zero attached hydrogens (tertiary/aromatic N) is 1. The predicted octanol–water partition coefficient (Wildman–Crippen LogP) is 4.31. The summed E-state index contributed by atoms with van der Waals surface area (Å²) in [5.74, 6) is 0.214. The second kappa shape index (κ2) is 11.2. The fraction of sp³-hybridized carbons (Fsp3) is 0.611. The van der Waals surface area contributed by atoms with Gasteiger partial charge in [0.25, 0.3) is 0 Å². The first-order chi connectivity index (χ1) is 10.3. The van der Waals surface area contributed by atoms with Gasteiger partial charge in [0, 0.05) is 18.8 Å². The maximum absolute atomic E-state index is 12.4. The Morgan fingerprint density at radius 1 is 0.952 bits per heavy atom. The Morgan fingerprint density at radius 2 is 1.52 bits per heavy atom. The summed E-state index contributed by atoms with van der Waals surface area (Å²) in [5.41, 5.74) is 1.01. The van der Waals surface area contributed by atoms with Crippen LogP contribution in [0.4, 0.5) is 5.69 Å². The van der Waals surface area contributed by atoms with E-state index in [9.17, 15) is 4.79 Å². The third-order valence-corrected chi connectivity index (χ3v) is 3.63. The van der Waals surface area contributed by atoms with Gasteiger partial charge in [-0.05, 0) is 25.0 Å². The van der Waals surface area contributed by atoms with Crippen LogP contribution in [0.5, 0.6) is 0 Å². The second-order valence-electron chi connectivity index (χ2n) is 5.51. The summed E-state index contributed by atoms with van der Waals surface area (Å²) < 4.78 is 0. The van der Waals surface area contributed by atoms with E-state index < -0.39 is 0 Å². The van der Waals surface area contributed by atoms with Gasteiger partial charge in [0.1, 0.15) is 0 Å². The first-order valence-corrected chi connectivity index (χ1v) is 8.34. The molecule has 1 amide bonds. The lowest BCUT2D eigenvalue weighted by molar-refractivity contribution is -0.129. The minimum absolute atomic E-state index is 0.214. The van der Waals surface area contributed by atoms with Gasteiger partial charge in [-0.15, -0.1) is 0 Å². The third-order valence-electron chi connectivity index (χ3n) is 3.63. The molecule has 1 aromatic carbocycles. The molecule has 3 heteroatoms. The fourth-order valence-electron chi connectivity index (χ4n) is 2.31. The Bertz CT molecular complexity index is 368. The van der Waals surface area contributed by atoms with Crippen LogP contribution in [0.3, 0.4) is 0 Å². The van der Waals surface area contributed by atoms with Crippen LogP contribution in [0.15, 0.2) is 30.3 Å². The topological polar surface area (TPSA) is 32.3 Å². The summed E-state index contributed by atoms with van der Waals surface area (Å²) in [4.78, 5) is 14.4. The Hall–Kier alpha value is -1.51. The van der Waals surface area contributed by atoms with Crippen LogP contribution in [0.25, 0.3) is 0 Å². The van der Waals surface area contributed by atoms with E-state index in [-0.39, 0.29) is 5.91 Å². The number of anilines is 1. The maximum atomic E-state index is 12.4. The van der Waals surface area contributed by atoms with Crippen molar-refractivity contribution in [3.05, 3.63) is 30.3 Å². The van der Waals surface area contributed by atoms with Crippen LogP contribution in [-0.2, 0) is 4.79 Å². The van der Waals surface area contributed by atoms with Crippen molar-refractivity contribution in [2.24, 2.45) is 0 Å². The highest BCUT2D eigenvalue weighted by Gasteiger charge is 2.12. The van der Waals surface area contributed by atoms with Crippen LogP contribution in [0.1, 0.15) is 52.4 Å². The fourth-order valence-corrected chi connectivity index (χ4v) is 2.31. The van der Waals surface area contributed by atoms with Gasteiger partial charge in [-0.3, -0.25) is 4.79 Å². The summed E-state index contributed by atoms with van der Waals surface area (Å²) in [6.07, 6.45) is 7.01. The molecular formula is C18H30N2O. The maximum Gasteiger partial charge on any atom is 0.241 e. The molecule has 0 unspecified atom stereocenters. The van der Waals surface area contributed by atoms with Crippen molar-refractivity contribution in [1.82, 2.24) is 4.90 Å². The Morgan fingerprint density at radius 3 is 2.05 bits per heavy atom. The summed E-state index contributed by atoms with van der Waals surface area (Å²) in [6.45, 7) is 6.57. The van der Waals surface area contributed by atoms with Crippen LogP contribution in [0.2, 0.25) is 0 Å². The quantitative estimate of drug-likeness (QED) is 0.616. The second-order valence-corrected chi connectivity index (χ2v) is 5.51. The Balaban J connectivity index is 2.40. The highest BCUT2D eigenvalue weighted by Crippen LogP contribution is 2.06. The van der Waals surface area contributed by atoms with Crippen molar-refractivity contribution in [3.63, 3.8) is 0 Å². The average molecular weight is 290 g/mol. The number of unbranched alkanes of at least 4 members (excludes halogenated alkanes) is 4. The van der Waals surface area contributed by atoms with Crippen molar-refractivity contribution in [3.8, 4) is 0 Å². The molecule has 0 aliphatic heterocycles. The number of hydrogen-bond donors (Lipinski definition) is 1. The smallest absolute Gasteiger partial charge is 0.241 e. The molecule has 0 fully saturated rings. The van der Waals surface area contributed by atoms with Gasteiger partial charge in [0.2, 0.25) is 5.91 Å². The number of benzene rings is 1. The van der Waals surface area contributed by atoms with Gasteiger partial charge < -0.3 is 10.2 Å². The molecule has 0 atom stereocenters. The predicted molar refractivity (Wildman–Crippen MR) is 90.6 cm³/mol. The van der Waals surface area contributed by atoms with Gasteiger partial charge in [-0.2, -0.15) is 0 Å². The minimum Gasteiger partial charge on any atom is -0.376 e. The molecule has 0 aliphatic rings. The molecule has 3 nitrogen and oxygen atoms in total. The Kier molecular flexibility index (Phi) is 9.34. The van der Waals surface area contributed by atoms with Crippen LogP contribution in [-0.4, -0.2) is 30.4 Å². The highest BCUT2D eigenvalue weighted by atomic mass is 16.2. The van der Waals surface area contributed by atoms with E-state index in [1.54, 1.807) is 0 Å². The molecule has 0 saturated carbocycles. The number of carbonyl (C=O) groups is 1. The van der Waals surface area contributed by atoms with Crippen molar-refractivity contribution in [2.75, 3.05) is 25.0 Å². The zero-order valence-electron chi connectivity index (χ0n) is 13.6. The van der Waals surface area contributed by atoms with Crippen LogP contribution in [0, 0.1) is 0 Å². The summed E-state index contributed by atoms with van der Waals surface area (Å²) >= 11 is 0. The SMILES string of the molecule is CCCCCN(CCCCC)C(=O)CNc1ccccc1. The van der Waals surface area contributed by atoms with Crippen LogP contribution < -0.4 is 5.32 Å². The molecule has 0 spiro atoms. The zero-order chi connectivity index (χ0) is 15.3. The molecule has 1 aromatic rings. The molecule has 21 heavy (non-hydrogen) atoms. The summed E-state index contributed by atoms with van der Waals surface area (Å²) in [5, 5.41) is 3.21. The highest BCUT2D eigenvalue weighted by molar-refractivity contribution is 5.80. The molecule has 1 N–H and O–H groups in total. The lowest BCUT2D eigenvalue weighted by Gasteiger charge is -2.23. The number of carbonyl (C=O) groups excluding carboxylic acids is 1. The van der Waals surface area contributed by atoms with E-state index in [4.69, 9.17) is 0 Å². The Labute approximate surface area is 129 Å². The molecule has 0 aliphatic carbocycles. The van der Waals surface area contributed by atoms with Gasteiger partial charge >= 0.3 is 0 Å². The lowest BCUT2D eigenvalue weighted by Crippen LogP contribution is -2.37. The molecule has 0 heterocycles. The zero-order valence-corrected chi connectivity index (χ0v) is 13.6. The van der Waals surface area contributed by atoms with Crippen molar-refractivity contribution >= 4 is 11.6 Å². The number of hydrogen-bond acceptors (Lipinski definition) is 2. The van der Waals surface area contributed by atoms with Gasteiger partial charge in [0.15, 0.2) is 0 Å². The average Bonchev–Trinajstić information content (AvgIpc) is 2.52. The first-order valence-electron chi connectivity index (χ1n) is 8.34. The van der Waals surface area contributed by atoms with Crippen molar-refractivity contribution in [2.45, 2.75) is 52.4 Å². The number of para-hydroxylation sites is 1. The lowest BCUT2D eigenvalue weighted by atomic mass is 10.2. The van der Waals surface area contributed by atoms with E-state index in [1.807, 2.05) is 35.2 Å². The molecule has 1 rings (SSSR count). The molecule has 118 valence electrons. The van der Waals surface area contributed by atoms with E-state index in [1.165, 1.54) is 25.7 Å². The van der Waals surface area contributed by atoms with Crippen LogP contribution >= 0.6 is 0 Å². The van der Waals surface area contributed by atoms with Crippen molar-refractivity contribution in [1.29, 1.82) is 0 Å². The van der Waals surface area contributed by atoms with E-state index in [2.05, 4.69) is 19.2 Å². The number of amides is 1. The molecule has 0 radical (unpaired) electrons. The van der Waals surface area contributed by atoms with Gasteiger partial charge in [-0.25, -0.2) is 0 Å². The van der Waals surface area contributed by atoms with Crippen molar-refractivity contribution < 1.29 is 4.79 Å². The van der Waals surface area contributed by atoms with Gasteiger partial charge in [0.05, 0.1) is 6.54 Å². The molecule has 0 bridgehead atoms. The number of nitrogens with one attached hydrogen (secondary N) is 1. The normalized spacial score (nSPS) is 10.4. The van der Waals surface area contributed by atoms with Gasteiger partial charge in [-0.1, -0.05) is 57.7 Å². The number of rotatable bonds is 11.